The van der Waals surface area contributed by atoms with Crippen LogP contribution in [0.25, 0.3) is 0 Å². The SMILES string of the molecule is [B]N1C(=O)CC(C)C1=O. The molecule has 4 heteroatoms. The molecule has 0 aromatic rings. The summed E-state index contributed by atoms with van der Waals surface area (Å²) in [5.74, 6) is -0.782. The van der Waals surface area contributed by atoms with Crippen molar-refractivity contribution in [1.82, 2.24) is 4.81 Å². The van der Waals surface area contributed by atoms with E-state index in [9.17, 15) is 9.59 Å². The van der Waals surface area contributed by atoms with Crippen molar-refractivity contribution < 1.29 is 9.59 Å². The van der Waals surface area contributed by atoms with Crippen molar-refractivity contribution in [1.29, 1.82) is 0 Å². The summed E-state index contributed by atoms with van der Waals surface area (Å²) in [6, 6.07) is 0. The van der Waals surface area contributed by atoms with Gasteiger partial charge in [0.25, 0.3) is 0 Å². The van der Waals surface area contributed by atoms with E-state index >= 15 is 0 Å². The molecular weight excluding hydrogens is 117 g/mol. The monoisotopic (exact) mass is 123 g/mol. The van der Waals surface area contributed by atoms with Gasteiger partial charge >= 0.3 is 0 Å². The molecule has 1 rings (SSSR count). The number of carbonyl (C=O) groups excluding carboxylic acids is 2. The Kier molecular flexibility index (Phi) is 1.31. The fourth-order valence-electron chi connectivity index (χ4n) is 0.808. The minimum absolute atomic E-state index is 0.220. The third-order valence-corrected chi connectivity index (χ3v) is 1.41. The highest BCUT2D eigenvalue weighted by molar-refractivity contribution is 6.27. The Hall–Kier alpha value is -0.795. The molecule has 46 valence electrons. The van der Waals surface area contributed by atoms with E-state index in [-0.39, 0.29) is 24.2 Å². The van der Waals surface area contributed by atoms with Crippen LogP contribution in [0.1, 0.15) is 13.3 Å². The summed E-state index contributed by atoms with van der Waals surface area (Å²) >= 11 is 0. The van der Waals surface area contributed by atoms with Gasteiger partial charge in [-0.25, -0.2) is 0 Å². The summed E-state index contributed by atoms with van der Waals surface area (Å²) in [5, 5.41) is 0. The molecule has 1 atom stereocenters. The second kappa shape index (κ2) is 1.86. The maximum Gasteiger partial charge on any atom is 0.242 e. The van der Waals surface area contributed by atoms with Crippen molar-refractivity contribution in [2.24, 2.45) is 5.92 Å². The maximum absolute atomic E-state index is 10.7. The molecule has 0 aromatic heterocycles. The first-order valence-corrected chi connectivity index (χ1v) is 2.74. The average molecular weight is 123 g/mol. The van der Waals surface area contributed by atoms with Gasteiger partial charge in [0.05, 0.1) is 0 Å². The van der Waals surface area contributed by atoms with Gasteiger partial charge in [-0.3, -0.25) is 9.59 Å². The predicted molar refractivity (Wildman–Crippen MR) is 31.4 cm³/mol. The molecule has 1 unspecified atom stereocenters. The van der Waals surface area contributed by atoms with Crippen LogP contribution in [-0.2, 0) is 9.59 Å². The minimum atomic E-state index is -0.285. The Morgan fingerprint density at radius 1 is 1.67 bits per heavy atom. The van der Waals surface area contributed by atoms with Crippen LogP contribution >= 0.6 is 0 Å². The van der Waals surface area contributed by atoms with E-state index in [0.717, 1.165) is 0 Å². The van der Waals surface area contributed by atoms with E-state index < -0.39 is 0 Å². The molecule has 0 bridgehead atoms. The first kappa shape index (κ1) is 6.33. The van der Waals surface area contributed by atoms with Crippen LogP contribution in [0.3, 0.4) is 0 Å². The number of amides is 2. The molecule has 0 aromatic carbocycles. The van der Waals surface area contributed by atoms with Gasteiger partial charge in [-0.15, -0.1) is 0 Å². The van der Waals surface area contributed by atoms with Crippen LogP contribution < -0.4 is 0 Å². The zero-order valence-electron chi connectivity index (χ0n) is 5.13. The van der Waals surface area contributed by atoms with Gasteiger partial charge in [0, 0.05) is 12.3 Å². The van der Waals surface area contributed by atoms with Gasteiger partial charge < -0.3 is 4.81 Å². The minimum Gasteiger partial charge on any atom is -0.340 e. The molecule has 0 spiro atoms. The van der Waals surface area contributed by atoms with E-state index in [1.807, 2.05) is 0 Å². The van der Waals surface area contributed by atoms with Gasteiger partial charge in [0.1, 0.15) is 0 Å². The highest BCUT2D eigenvalue weighted by atomic mass is 16.2. The zero-order chi connectivity index (χ0) is 7.02. The molecule has 2 amide bonds. The highest BCUT2D eigenvalue weighted by Gasteiger charge is 2.31. The highest BCUT2D eigenvalue weighted by Crippen LogP contribution is 2.15. The standard InChI is InChI=1S/C5H6BNO2/c1-3-2-4(8)7(6)5(3)9/h3H,2H2,1H3. The summed E-state index contributed by atoms with van der Waals surface area (Å²) in [5.41, 5.74) is 0. The van der Waals surface area contributed by atoms with Crippen molar-refractivity contribution in [2.75, 3.05) is 0 Å². The summed E-state index contributed by atoms with van der Waals surface area (Å²) in [6.07, 6.45) is 0.259. The van der Waals surface area contributed by atoms with E-state index in [2.05, 4.69) is 0 Å². The zero-order valence-corrected chi connectivity index (χ0v) is 5.13. The number of hydrogen-bond acceptors (Lipinski definition) is 2. The third kappa shape index (κ3) is 0.844. The van der Waals surface area contributed by atoms with Crippen LogP contribution in [0.15, 0.2) is 0 Å². The molecule has 1 aliphatic heterocycles. The summed E-state index contributed by atoms with van der Waals surface area (Å²) < 4.78 is 0. The molecule has 1 saturated heterocycles. The quantitative estimate of drug-likeness (QED) is 0.320. The fraction of sp³-hybridized carbons (Fsp3) is 0.600. The molecule has 2 radical (unpaired) electrons. The van der Waals surface area contributed by atoms with Crippen molar-refractivity contribution in [3.63, 3.8) is 0 Å². The summed E-state index contributed by atoms with van der Waals surface area (Å²) in [4.78, 5) is 22.0. The lowest BCUT2D eigenvalue weighted by atomic mass is 10.1. The topological polar surface area (TPSA) is 37.4 Å². The van der Waals surface area contributed by atoms with E-state index in [0.29, 0.717) is 4.81 Å². The smallest absolute Gasteiger partial charge is 0.242 e. The van der Waals surface area contributed by atoms with Gasteiger partial charge in [0.15, 0.2) is 0 Å². The lowest BCUT2D eigenvalue weighted by Gasteiger charge is -2.04. The largest absolute Gasteiger partial charge is 0.340 e. The van der Waals surface area contributed by atoms with E-state index in [4.69, 9.17) is 7.98 Å². The Labute approximate surface area is 54.5 Å². The van der Waals surface area contributed by atoms with Crippen LogP contribution in [0.5, 0.6) is 0 Å². The predicted octanol–water partition coefficient (Wildman–Crippen LogP) is -0.535. The Morgan fingerprint density at radius 3 is 2.33 bits per heavy atom. The molecule has 1 fully saturated rings. The summed E-state index contributed by atoms with van der Waals surface area (Å²) in [6.45, 7) is 1.69. The Bertz CT molecular complexity index is 168. The molecule has 0 N–H and O–H groups in total. The van der Waals surface area contributed by atoms with Crippen LogP contribution in [0.2, 0.25) is 0 Å². The van der Waals surface area contributed by atoms with Crippen molar-refractivity contribution in [3.8, 4) is 0 Å². The second-order valence-electron chi connectivity index (χ2n) is 2.21. The molecular formula is C5H6BNO2. The third-order valence-electron chi connectivity index (χ3n) is 1.41. The van der Waals surface area contributed by atoms with Crippen LogP contribution in [0.4, 0.5) is 0 Å². The maximum atomic E-state index is 10.7. The molecule has 1 heterocycles. The second-order valence-corrected chi connectivity index (χ2v) is 2.21. The number of carbonyl (C=O) groups is 2. The molecule has 9 heavy (non-hydrogen) atoms. The van der Waals surface area contributed by atoms with Crippen molar-refractivity contribution in [2.45, 2.75) is 13.3 Å². The Balaban J connectivity index is 2.77. The van der Waals surface area contributed by atoms with Gasteiger partial charge in [-0.05, 0) is 0 Å². The van der Waals surface area contributed by atoms with Gasteiger partial charge in [0.2, 0.25) is 19.8 Å². The van der Waals surface area contributed by atoms with Gasteiger partial charge in [-0.1, -0.05) is 6.92 Å². The van der Waals surface area contributed by atoms with E-state index in [1.54, 1.807) is 6.92 Å². The number of hydrogen-bond donors (Lipinski definition) is 0. The van der Waals surface area contributed by atoms with Crippen LogP contribution in [0, 0.1) is 5.92 Å². The average Bonchev–Trinajstić information content (AvgIpc) is 1.98. The van der Waals surface area contributed by atoms with E-state index in [1.165, 1.54) is 0 Å². The first-order valence-electron chi connectivity index (χ1n) is 2.74. The molecule has 0 aliphatic carbocycles. The summed E-state index contributed by atoms with van der Waals surface area (Å²) in [7, 11) is 5.05. The molecule has 1 aliphatic rings. The number of nitrogens with zero attached hydrogens (tertiary/aromatic N) is 1. The first-order chi connectivity index (χ1) is 4.13. The Morgan fingerprint density at radius 2 is 2.22 bits per heavy atom. The lowest BCUT2D eigenvalue weighted by Crippen LogP contribution is -2.26. The molecule has 3 nitrogen and oxygen atoms in total. The lowest BCUT2D eigenvalue weighted by molar-refractivity contribution is -0.133. The number of imide groups is 1. The van der Waals surface area contributed by atoms with Crippen molar-refractivity contribution in [3.05, 3.63) is 0 Å². The fourth-order valence-corrected chi connectivity index (χ4v) is 0.808. The normalized spacial score (nSPS) is 27.7. The van der Waals surface area contributed by atoms with Crippen LogP contribution in [-0.4, -0.2) is 24.6 Å². The van der Waals surface area contributed by atoms with Gasteiger partial charge in [-0.2, -0.15) is 0 Å². The number of rotatable bonds is 0. The van der Waals surface area contributed by atoms with Crippen molar-refractivity contribution >= 4 is 19.8 Å². The molecule has 0 saturated carbocycles.